The van der Waals surface area contributed by atoms with Gasteiger partial charge in [-0.15, -0.1) is 0 Å². The van der Waals surface area contributed by atoms with Gasteiger partial charge in [0, 0.05) is 12.4 Å². The third kappa shape index (κ3) is 3.66. The highest BCUT2D eigenvalue weighted by molar-refractivity contribution is 5.63. The van der Waals surface area contributed by atoms with Crippen molar-refractivity contribution in [2.45, 2.75) is 12.3 Å². The standard InChI is InChI=1S/C17H19N3/c1-20(2)12-9-17(13-18)15-5-3-14(4-6-15)16-7-10-19-11-8-16/h3-8,10-11,17H,9,12H2,1-2H3. The minimum absolute atomic E-state index is 0.0381. The quantitative estimate of drug-likeness (QED) is 0.832. The average Bonchev–Trinajstić information content (AvgIpc) is 2.49. The zero-order chi connectivity index (χ0) is 14.4. The molecule has 0 spiro atoms. The largest absolute Gasteiger partial charge is 0.309 e. The highest BCUT2D eigenvalue weighted by atomic mass is 15.0. The summed E-state index contributed by atoms with van der Waals surface area (Å²) in [7, 11) is 4.06. The smallest absolute Gasteiger partial charge is 0.0724 e. The van der Waals surface area contributed by atoms with E-state index >= 15 is 0 Å². The van der Waals surface area contributed by atoms with E-state index in [2.05, 4.69) is 40.2 Å². The molecule has 102 valence electrons. The molecule has 1 unspecified atom stereocenters. The fraction of sp³-hybridized carbons (Fsp3) is 0.294. The summed E-state index contributed by atoms with van der Waals surface area (Å²) in [6, 6.07) is 14.6. The molecule has 0 aliphatic carbocycles. The second-order valence-corrected chi connectivity index (χ2v) is 5.13. The lowest BCUT2D eigenvalue weighted by molar-refractivity contribution is 0.393. The number of benzene rings is 1. The summed E-state index contributed by atoms with van der Waals surface area (Å²) in [4.78, 5) is 6.13. The fourth-order valence-corrected chi connectivity index (χ4v) is 2.15. The second kappa shape index (κ2) is 6.83. The number of aromatic nitrogens is 1. The maximum Gasteiger partial charge on any atom is 0.0724 e. The van der Waals surface area contributed by atoms with Gasteiger partial charge >= 0.3 is 0 Å². The fourth-order valence-electron chi connectivity index (χ4n) is 2.15. The highest BCUT2D eigenvalue weighted by Gasteiger charge is 2.11. The molecule has 3 heteroatoms. The van der Waals surface area contributed by atoms with Crippen molar-refractivity contribution in [1.29, 1.82) is 5.26 Å². The van der Waals surface area contributed by atoms with E-state index in [0.717, 1.165) is 29.7 Å². The number of hydrogen-bond donors (Lipinski definition) is 0. The molecule has 0 aliphatic rings. The van der Waals surface area contributed by atoms with Gasteiger partial charge in [0.15, 0.2) is 0 Å². The summed E-state index contributed by atoms with van der Waals surface area (Å²) < 4.78 is 0. The van der Waals surface area contributed by atoms with Gasteiger partial charge in [0.1, 0.15) is 0 Å². The molecule has 0 aliphatic heterocycles. The van der Waals surface area contributed by atoms with E-state index in [1.165, 1.54) is 0 Å². The molecule has 0 N–H and O–H groups in total. The molecule has 0 saturated carbocycles. The number of hydrogen-bond acceptors (Lipinski definition) is 3. The Labute approximate surface area is 120 Å². The summed E-state index contributed by atoms with van der Waals surface area (Å²) in [6.45, 7) is 0.921. The molecule has 0 radical (unpaired) electrons. The Hall–Kier alpha value is -2.18. The topological polar surface area (TPSA) is 39.9 Å². The Morgan fingerprint density at radius 1 is 1.05 bits per heavy atom. The van der Waals surface area contributed by atoms with Gasteiger partial charge in [0.05, 0.1) is 12.0 Å². The van der Waals surface area contributed by atoms with E-state index in [9.17, 15) is 5.26 Å². The van der Waals surface area contributed by atoms with Crippen molar-refractivity contribution < 1.29 is 0 Å². The molecular weight excluding hydrogens is 246 g/mol. The monoisotopic (exact) mass is 265 g/mol. The molecule has 3 nitrogen and oxygen atoms in total. The van der Waals surface area contributed by atoms with Gasteiger partial charge in [-0.05, 0) is 55.9 Å². The first-order valence-electron chi connectivity index (χ1n) is 6.75. The molecule has 1 heterocycles. The lowest BCUT2D eigenvalue weighted by Gasteiger charge is -2.14. The van der Waals surface area contributed by atoms with Crippen LogP contribution in [0.15, 0.2) is 48.8 Å². The van der Waals surface area contributed by atoms with Crippen LogP contribution in [0.4, 0.5) is 0 Å². The van der Waals surface area contributed by atoms with E-state index in [1.807, 2.05) is 26.2 Å². The summed E-state index contributed by atoms with van der Waals surface area (Å²) in [6.07, 6.45) is 4.44. The van der Waals surface area contributed by atoms with E-state index in [1.54, 1.807) is 12.4 Å². The molecule has 2 aromatic rings. The van der Waals surface area contributed by atoms with Crippen molar-refractivity contribution in [3.8, 4) is 17.2 Å². The minimum Gasteiger partial charge on any atom is -0.309 e. The van der Waals surface area contributed by atoms with Crippen LogP contribution in [0.25, 0.3) is 11.1 Å². The van der Waals surface area contributed by atoms with Crippen molar-refractivity contribution in [3.63, 3.8) is 0 Å². The third-order valence-electron chi connectivity index (χ3n) is 3.35. The molecule has 20 heavy (non-hydrogen) atoms. The van der Waals surface area contributed by atoms with Gasteiger partial charge in [-0.1, -0.05) is 24.3 Å². The first kappa shape index (κ1) is 14.2. The molecule has 1 aromatic carbocycles. The molecule has 1 aromatic heterocycles. The van der Waals surface area contributed by atoms with Gasteiger partial charge in [-0.25, -0.2) is 0 Å². The highest BCUT2D eigenvalue weighted by Crippen LogP contribution is 2.24. The third-order valence-corrected chi connectivity index (χ3v) is 3.35. The summed E-state index contributed by atoms with van der Waals surface area (Å²) in [5.41, 5.74) is 3.39. The van der Waals surface area contributed by atoms with Crippen LogP contribution in [0, 0.1) is 11.3 Å². The molecular formula is C17H19N3. The van der Waals surface area contributed by atoms with Crippen molar-refractivity contribution in [3.05, 3.63) is 54.4 Å². The minimum atomic E-state index is -0.0381. The summed E-state index contributed by atoms with van der Waals surface area (Å²) >= 11 is 0. The Morgan fingerprint density at radius 2 is 1.65 bits per heavy atom. The predicted molar refractivity (Wildman–Crippen MR) is 81.2 cm³/mol. The first-order valence-corrected chi connectivity index (χ1v) is 6.75. The second-order valence-electron chi connectivity index (χ2n) is 5.13. The predicted octanol–water partition coefficient (Wildman–Crippen LogP) is 3.31. The molecule has 1 atom stereocenters. The molecule has 0 bridgehead atoms. The van der Waals surface area contributed by atoms with Gasteiger partial charge in [0.2, 0.25) is 0 Å². The van der Waals surface area contributed by atoms with Gasteiger partial charge < -0.3 is 4.90 Å². The van der Waals surface area contributed by atoms with Crippen LogP contribution in [-0.4, -0.2) is 30.5 Å². The average molecular weight is 265 g/mol. The Kier molecular flexibility index (Phi) is 4.86. The van der Waals surface area contributed by atoms with Crippen molar-refractivity contribution >= 4 is 0 Å². The normalized spacial score (nSPS) is 12.1. The lowest BCUT2D eigenvalue weighted by Crippen LogP contribution is -2.15. The number of nitriles is 1. The Morgan fingerprint density at radius 3 is 2.20 bits per heavy atom. The van der Waals surface area contributed by atoms with Gasteiger partial charge in [-0.3, -0.25) is 4.98 Å². The molecule has 2 rings (SSSR count). The van der Waals surface area contributed by atoms with Gasteiger partial charge in [-0.2, -0.15) is 5.26 Å². The summed E-state index contributed by atoms with van der Waals surface area (Å²) in [5, 5.41) is 9.30. The Bertz CT molecular complexity index is 567. The van der Waals surface area contributed by atoms with Crippen LogP contribution in [0.5, 0.6) is 0 Å². The van der Waals surface area contributed by atoms with E-state index in [4.69, 9.17) is 0 Å². The summed E-state index contributed by atoms with van der Waals surface area (Å²) in [5.74, 6) is -0.0381. The van der Waals surface area contributed by atoms with Crippen LogP contribution in [0.1, 0.15) is 17.9 Å². The number of nitrogens with zero attached hydrogens (tertiary/aromatic N) is 3. The van der Waals surface area contributed by atoms with Gasteiger partial charge in [0.25, 0.3) is 0 Å². The molecule has 0 fully saturated rings. The number of rotatable bonds is 5. The molecule has 0 saturated heterocycles. The maximum absolute atomic E-state index is 9.30. The van der Waals surface area contributed by atoms with Crippen molar-refractivity contribution in [2.24, 2.45) is 0 Å². The van der Waals surface area contributed by atoms with Crippen LogP contribution in [0.2, 0.25) is 0 Å². The van der Waals surface area contributed by atoms with E-state index in [0.29, 0.717) is 0 Å². The van der Waals surface area contributed by atoms with E-state index < -0.39 is 0 Å². The van der Waals surface area contributed by atoms with E-state index in [-0.39, 0.29) is 5.92 Å². The SMILES string of the molecule is CN(C)CCC(C#N)c1ccc(-c2ccncc2)cc1. The molecule has 0 amide bonds. The zero-order valence-electron chi connectivity index (χ0n) is 12.0. The van der Waals surface area contributed by atoms with Crippen LogP contribution < -0.4 is 0 Å². The van der Waals surface area contributed by atoms with Crippen molar-refractivity contribution in [2.75, 3.05) is 20.6 Å². The van der Waals surface area contributed by atoms with Crippen molar-refractivity contribution in [1.82, 2.24) is 9.88 Å². The Balaban J connectivity index is 2.13. The zero-order valence-corrected chi connectivity index (χ0v) is 12.0. The first-order chi connectivity index (χ1) is 9.70. The number of pyridine rings is 1. The van der Waals surface area contributed by atoms with Crippen LogP contribution in [-0.2, 0) is 0 Å². The maximum atomic E-state index is 9.30. The van der Waals surface area contributed by atoms with Crippen LogP contribution >= 0.6 is 0 Å². The van der Waals surface area contributed by atoms with Crippen LogP contribution in [0.3, 0.4) is 0 Å². The lowest BCUT2D eigenvalue weighted by atomic mass is 9.95.